The van der Waals surface area contributed by atoms with E-state index in [-0.39, 0.29) is 36.8 Å². The van der Waals surface area contributed by atoms with Gasteiger partial charge in [-0.25, -0.2) is 9.46 Å². The quantitative estimate of drug-likeness (QED) is 0.0419. The molecule has 1 aliphatic heterocycles. The lowest BCUT2D eigenvalue weighted by molar-refractivity contribution is -0.0944. The van der Waals surface area contributed by atoms with Crippen LogP contribution in [-0.4, -0.2) is 80.4 Å². The number of methoxy groups -OCH3 is 2. The molecular formula is C45H61N4O9PSi. The van der Waals surface area contributed by atoms with Crippen LogP contribution in [-0.2, 0) is 28.5 Å². The Morgan fingerprint density at radius 2 is 1.40 bits per heavy atom. The molecular weight excluding hydrogens is 800 g/mol. The van der Waals surface area contributed by atoms with Crippen molar-refractivity contribution in [2.75, 3.05) is 27.4 Å². The monoisotopic (exact) mass is 860 g/mol. The van der Waals surface area contributed by atoms with Crippen molar-refractivity contribution >= 4 is 16.8 Å². The van der Waals surface area contributed by atoms with Crippen LogP contribution in [0.1, 0.15) is 77.8 Å². The first-order chi connectivity index (χ1) is 28.5. The zero-order chi connectivity index (χ0) is 43.8. The summed E-state index contributed by atoms with van der Waals surface area (Å²) in [4.78, 5) is 28.4. The molecule has 1 saturated heterocycles. The Labute approximate surface area is 356 Å². The number of H-pyrrole nitrogens is 1. The highest BCUT2D eigenvalue weighted by Gasteiger charge is 2.54. The molecule has 0 amide bonds. The smallest absolute Gasteiger partial charge is 0.330 e. The van der Waals surface area contributed by atoms with E-state index in [1.807, 2.05) is 78.9 Å². The van der Waals surface area contributed by atoms with E-state index in [2.05, 4.69) is 77.3 Å². The van der Waals surface area contributed by atoms with E-state index in [1.54, 1.807) is 14.2 Å². The fourth-order valence-corrected chi connectivity index (χ4v) is 10.2. The van der Waals surface area contributed by atoms with Gasteiger partial charge >= 0.3 is 5.69 Å². The molecule has 3 aromatic carbocycles. The van der Waals surface area contributed by atoms with E-state index in [4.69, 9.17) is 32.4 Å². The molecule has 1 aromatic heterocycles. The lowest BCUT2D eigenvalue weighted by Gasteiger charge is -2.42. The normalized spacial score (nSPS) is 19.1. The Morgan fingerprint density at radius 3 is 1.88 bits per heavy atom. The van der Waals surface area contributed by atoms with Crippen LogP contribution in [0.25, 0.3) is 0 Å². The molecule has 4 aromatic rings. The van der Waals surface area contributed by atoms with Crippen LogP contribution < -0.4 is 20.7 Å². The van der Waals surface area contributed by atoms with Gasteiger partial charge in [0, 0.05) is 24.3 Å². The van der Waals surface area contributed by atoms with Crippen molar-refractivity contribution in [3.8, 4) is 17.6 Å². The van der Waals surface area contributed by atoms with Crippen molar-refractivity contribution < 1.29 is 32.4 Å². The number of aromatic nitrogens is 2. The molecule has 0 spiro atoms. The minimum atomic E-state index is -2.63. The van der Waals surface area contributed by atoms with Gasteiger partial charge in [-0.2, -0.15) is 5.26 Å². The molecule has 5 atom stereocenters. The topological polar surface area (TPSA) is 146 Å². The van der Waals surface area contributed by atoms with Gasteiger partial charge in [0.15, 0.2) is 14.5 Å². The zero-order valence-electron chi connectivity index (χ0n) is 36.7. The van der Waals surface area contributed by atoms with Gasteiger partial charge in [0.05, 0.1) is 39.9 Å². The largest absolute Gasteiger partial charge is 0.497 e. The third-order valence-corrected chi connectivity index (χ3v) is 17.8. The summed E-state index contributed by atoms with van der Waals surface area (Å²) >= 11 is 0. The average Bonchev–Trinajstić information content (AvgIpc) is 3.53. The molecule has 1 aliphatic rings. The second-order valence-electron chi connectivity index (χ2n) is 16.9. The van der Waals surface area contributed by atoms with Crippen molar-refractivity contribution in [3.05, 3.63) is 129 Å². The SMILES string of the molecule is COc1ccc(C(OC[C@H]2O[C@@H](n3ccc(=O)[nH]c3=O)[C@H](OP(OCCC#N)N(C(C)C)C(C)C)[C@H]2O[Si](C)(C)C(C)(C)C)(c2ccccc2)c2ccc(OC)cc2)cc1. The van der Waals surface area contributed by atoms with E-state index in [0.717, 1.165) is 16.7 Å². The van der Waals surface area contributed by atoms with Crippen LogP contribution >= 0.6 is 8.53 Å². The number of ether oxygens (including phenoxy) is 4. The number of hydrogen-bond donors (Lipinski definition) is 1. The van der Waals surface area contributed by atoms with Crippen LogP contribution in [0.2, 0.25) is 18.1 Å². The molecule has 2 heterocycles. The van der Waals surface area contributed by atoms with Crippen molar-refractivity contribution in [2.45, 2.75) is 115 Å². The Morgan fingerprint density at radius 1 is 0.850 bits per heavy atom. The summed E-state index contributed by atoms with van der Waals surface area (Å²) in [6, 6.07) is 29.0. The maximum Gasteiger partial charge on any atom is 0.330 e. The van der Waals surface area contributed by atoms with Gasteiger partial charge in [-0.05, 0) is 86.8 Å². The number of nitrogens with one attached hydrogen (secondary N) is 1. The summed E-state index contributed by atoms with van der Waals surface area (Å²) in [6.07, 6.45) is -2.03. The zero-order valence-corrected chi connectivity index (χ0v) is 38.6. The number of benzene rings is 3. The summed E-state index contributed by atoms with van der Waals surface area (Å²) in [7, 11) is -1.21. The van der Waals surface area contributed by atoms with Crippen LogP contribution in [0.4, 0.5) is 0 Å². The lowest BCUT2D eigenvalue weighted by atomic mass is 9.80. The minimum Gasteiger partial charge on any atom is -0.497 e. The first kappa shape index (κ1) is 46.9. The van der Waals surface area contributed by atoms with Crippen LogP contribution in [0.5, 0.6) is 11.5 Å². The van der Waals surface area contributed by atoms with Crippen molar-refractivity contribution in [1.82, 2.24) is 14.2 Å². The number of nitriles is 1. The van der Waals surface area contributed by atoms with Gasteiger partial charge in [0.2, 0.25) is 0 Å². The molecule has 5 rings (SSSR count). The second-order valence-corrected chi connectivity index (χ2v) is 23.0. The predicted molar refractivity (Wildman–Crippen MR) is 236 cm³/mol. The number of hydrogen-bond acceptors (Lipinski definition) is 11. The van der Waals surface area contributed by atoms with E-state index in [1.165, 1.54) is 16.8 Å². The summed E-state index contributed by atoms with van der Waals surface area (Å²) in [5.41, 5.74) is 0.135. The molecule has 60 heavy (non-hydrogen) atoms. The molecule has 0 radical (unpaired) electrons. The first-order valence-electron chi connectivity index (χ1n) is 20.4. The third kappa shape index (κ3) is 10.5. The maximum atomic E-state index is 13.7. The van der Waals surface area contributed by atoms with E-state index in [9.17, 15) is 14.9 Å². The van der Waals surface area contributed by atoms with E-state index in [0.29, 0.717) is 11.5 Å². The molecule has 15 heteroatoms. The molecule has 0 saturated carbocycles. The Bertz CT molecular complexity index is 2080. The fraction of sp³-hybridized carbons (Fsp3) is 0.489. The van der Waals surface area contributed by atoms with Crippen molar-refractivity contribution in [3.63, 3.8) is 0 Å². The third-order valence-electron chi connectivity index (χ3n) is 11.2. The van der Waals surface area contributed by atoms with Crippen LogP contribution in [0.3, 0.4) is 0 Å². The molecule has 324 valence electrons. The molecule has 13 nitrogen and oxygen atoms in total. The fourth-order valence-electron chi connectivity index (χ4n) is 7.15. The predicted octanol–water partition coefficient (Wildman–Crippen LogP) is 8.51. The molecule has 1 N–H and O–H groups in total. The maximum absolute atomic E-state index is 13.7. The highest BCUT2D eigenvalue weighted by atomic mass is 31.2. The van der Waals surface area contributed by atoms with Crippen LogP contribution in [0.15, 0.2) is 101 Å². The Kier molecular flexibility index (Phi) is 15.7. The van der Waals surface area contributed by atoms with Gasteiger partial charge in [-0.15, -0.1) is 0 Å². The summed E-state index contributed by atoms with van der Waals surface area (Å²) < 4.78 is 49.9. The molecule has 1 fully saturated rings. The number of nitrogens with zero attached hydrogens (tertiary/aromatic N) is 3. The summed E-state index contributed by atoms with van der Waals surface area (Å²) in [5, 5.41) is 9.23. The Balaban J connectivity index is 1.72. The van der Waals surface area contributed by atoms with Gasteiger partial charge in [-0.1, -0.05) is 75.4 Å². The highest BCUT2D eigenvalue weighted by molar-refractivity contribution is 7.44. The van der Waals surface area contributed by atoms with E-state index >= 15 is 0 Å². The summed E-state index contributed by atoms with van der Waals surface area (Å²) in [6.45, 7) is 19.1. The van der Waals surface area contributed by atoms with E-state index < -0.39 is 58.2 Å². The average molecular weight is 861 g/mol. The lowest BCUT2D eigenvalue weighted by Crippen LogP contribution is -2.51. The molecule has 1 unspecified atom stereocenters. The number of aromatic amines is 1. The van der Waals surface area contributed by atoms with Gasteiger partial charge in [-0.3, -0.25) is 14.3 Å². The van der Waals surface area contributed by atoms with Crippen molar-refractivity contribution in [2.24, 2.45) is 0 Å². The van der Waals surface area contributed by atoms with Gasteiger partial charge < -0.3 is 32.4 Å². The molecule has 0 bridgehead atoms. The van der Waals surface area contributed by atoms with Gasteiger partial charge in [0.25, 0.3) is 14.1 Å². The Hall–Kier alpha value is -4.16. The van der Waals surface area contributed by atoms with Gasteiger partial charge in [0.1, 0.15) is 35.4 Å². The van der Waals surface area contributed by atoms with Crippen molar-refractivity contribution in [1.29, 1.82) is 5.26 Å². The minimum absolute atomic E-state index is 0.00542. The standard InChI is InChI=1S/C45H61N4O9PSi/c1-31(2)49(32(3)4)59(55-29-15-27-46)57-41-40(58-60(10,11)44(5,6)7)38(56-42(41)48-28-26-39(50)47-43(48)51)30-54-45(33-16-13-12-14-17-33,34-18-22-36(52-8)23-19-34)35-20-24-37(53-9)25-21-35/h12-14,16-26,28,31-32,38,40-42H,15,29-30H2,1-11H3,(H,47,50,51)/t38-,40+,41-,42-,59?/m1/s1. The van der Waals surface area contributed by atoms with Crippen LogP contribution in [0, 0.1) is 11.3 Å². The number of rotatable bonds is 19. The first-order valence-corrected chi connectivity index (χ1v) is 24.4. The molecule has 0 aliphatic carbocycles. The highest BCUT2D eigenvalue weighted by Crippen LogP contribution is 2.52. The second kappa shape index (κ2) is 20.1. The summed E-state index contributed by atoms with van der Waals surface area (Å²) in [5.74, 6) is 1.38.